The zero-order valence-corrected chi connectivity index (χ0v) is 28.5. The van der Waals surface area contributed by atoms with Gasteiger partial charge in [0.15, 0.2) is 0 Å². The zero-order valence-electron chi connectivity index (χ0n) is 23.7. The van der Waals surface area contributed by atoms with Gasteiger partial charge in [0.1, 0.15) is 0 Å². The summed E-state index contributed by atoms with van der Waals surface area (Å²) in [7, 11) is 0. The third-order valence-corrected chi connectivity index (χ3v) is 10.6. The molecule has 4 rings (SSSR count). The van der Waals surface area contributed by atoms with Crippen LogP contribution in [0.5, 0.6) is 0 Å². The van der Waals surface area contributed by atoms with Crippen molar-refractivity contribution in [2.24, 2.45) is 0 Å². The molecule has 4 heteroatoms. The summed E-state index contributed by atoms with van der Waals surface area (Å²) in [5.41, 5.74) is 7.86. The van der Waals surface area contributed by atoms with Gasteiger partial charge in [-0.15, -0.1) is 22.7 Å². The van der Waals surface area contributed by atoms with E-state index in [0.717, 1.165) is 7.57 Å². The summed E-state index contributed by atoms with van der Waals surface area (Å²) in [5.74, 6) is 0. The maximum absolute atomic E-state index is 3.75. The Balaban J connectivity index is 1.45. The number of hydrogen-bond donors (Lipinski definition) is 0. The molecule has 0 aliphatic rings. The number of aryl methyl sites for hydroxylation is 2. The Morgan fingerprint density at radius 1 is 0.525 bits per heavy atom. The lowest BCUT2D eigenvalue weighted by atomic mass is 10.0. The Bertz CT molecular complexity index is 1260. The average molecular weight is 697 g/mol. The third kappa shape index (κ3) is 9.69. The molecule has 0 bridgehead atoms. The molecule has 40 heavy (non-hydrogen) atoms. The van der Waals surface area contributed by atoms with Crippen LogP contribution < -0.4 is 0 Å². The van der Waals surface area contributed by atoms with Crippen LogP contribution in [0.1, 0.15) is 98.6 Å². The zero-order chi connectivity index (χ0) is 28.2. The molecule has 0 N–H and O–H groups in total. The fourth-order valence-electron chi connectivity index (χ4n) is 4.82. The Hall–Kier alpha value is -1.72. The van der Waals surface area contributed by atoms with Crippen LogP contribution in [0.25, 0.3) is 34.1 Å². The van der Waals surface area contributed by atoms with E-state index in [4.69, 9.17) is 0 Å². The summed E-state index contributed by atoms with van der Waals surface area (Å²) < 4.78 is 2.30. The van der Waals surface area contributed by atoms with Crippen molar-refractivity contribution in [3.8, 4) is 9.75 Å². The average Bonchev–Trinajstić information content (AvgIpc) is 3.53. The standard InChI is InChI=1S/C36H40Br2S2/c1-3-5-7-9-11-27-13-17-29(18-14-27)21-23-31-25-33(37)39-35(31)36-32(26-34(38)40-36)24-22-30-19-15-28(16-20-30)12-10-8-6-4-2/h13-26H,3-12H2,1-2H3. The second-order valence-electron chi connectivity index (χ2n) is 10.4. The van der Waals surface area contributed by atoms with E-state index in [1.54, 1.807) is 22.7 Å². The molecule has 0 nitrogen and oxygen atoms in total. The van der Waals surface area contributed by atoms with Crippen LogP contribution in [0.3, 0.4) is 0 Å². The molecule has 0 saturated carbocycles. The van der Waals surface area contributed by atoms with Gasteiger partial charge in [-0.25, -0.2) is 0 Å². The third-order valence-electron chi connectivity index (χ3n) is 7.18. The molecule has 0 radical (unpaired) electrons. The van der Waals surface area contributed by atoms with Gasteiger partial charge in [-0.1, -0.05) is 125 Å². The predicted octanol–water partition coefficient (Wildman–Crippen LogP) is 13.6. The van der Waals surface area contributed by atoms with Crippen LogP contribution in [0.4, 0.5) is 0 Å². The van der Waals surface area contributed by atoms with E-state index >= 15 is 0 Å². The van der Waals surface area contributed by atoms with Crippen molar-refractivity contribution in [1.29, 1.82) is 0 Å². The molecule has 0 saturated heterocycles. The van der Waals surface area contributed by atoms with Gasteiger partial charge in [-0.05, 0) is 103 Å². The monoisotopic (exact) mass is 694 g/mol. The van der Waals surface area contributed by atoms with Crippen LogP contribution in [0.15, 0.2) is 68.2 Å². The number of thiophene rings is 2. The highest BCUT2D eigenvalue weighted by atomic mass is 79.9. The fourth-order valence-corrected chi connectivity index (χ4v) is 8.21. The van der Waals surface area contributed by atoms with Crippen molar-refractivity contribution in [2.75, 3.05) is 0 Å². The minimum absolute atomic E-state index is 1.15. The maximum atomic E-state index is 3.75. The van der Waals surface area contributed by atoms with Gasteiger partial charge in [0, 0.05) is 0 Å². The first-order valence-electron chi connectivity index (χ1n) is 14.7. The van der Waals surface area contributed by atoms with Gasteiger partial charge in [0.2, 0.25) is 0 Å². The summed E-state index contributed by atoms with van der Waals surface area (Å²) in [6, 6.07) is 22.6. The SMILES string of the molecule is CCCCCCc1ccc(C=Cc2cc(Br)sc2-c2sc(Br)cc2C=Cc2ccc(CCCCCC)cc2)cc1. The number of halogens is 2. The van der Waals surface area contributed by atoms with Crippen LogP contribution in [-0.2, 0) is 12.8 Å². The minimum atomic E-state index is 1.15. The Morgan fingerprint density at radius 2 is 0.925 bits per heavy atom. The maximum Gasteiger partial charge on any atom is 0.0711 e. The minimum Gasteiger partial charge on any atom is -0.127 e. The van der Waals surface area contributed by atoms with Gasteiger partial charge >= 0.3 is 0 Å². The van der Waals surface area contributed by atoms with E-state index in [1.165, 1.54) is 107 Å². The fraction of sp³-hybridized carbons (Fsp3) is 0.333. The molecule has 2 heterocycles. The lowest BCUT2D eigenvalue weighted by Crippen LogP contribution is -1.86. The molecular weight excluding hydrogens is 656 g/mol. The van der Waals surface area contributed by atoms with Crippen molar-refractivity contribution < 1.29 is 0 Å². The first kappa shape index (κ1) is 31.2. The van der Waals surface area contributed by atoms with Crippen molar-refractivity contribution in [1.82, 2.24) is 0 Å². The van der Waals surface area contributed by atoms with Gasteiger partial charge < -0.3 is 0 Å². The summed E-state index contributed by atoms with van der Waals surface area (Å²) in [4.78, 5) is 2.60. The molecule has 0 amide bonds. The summed E-state index contributed by atoms with van der Waals surface area (Å²) in [6.07, 6.45) is 21.8. The van der Waals surface area contributed by atoms with Gasteiger partial charge in [-0.3, -0.25) is 0 Å². The van der Waals surface area contributed by atoms with Crippen LogP contribution in [-0.4, -0.2) is 0 Å². The van der Waals surface area contributed by atoms with E-state index in [1.807, 2.05) is 0 Å². The van der Waals surface area contributed by atoms with E-state index in [2.05, 4.69) is 131 Å². The molecule has 210 valence electrons. The lowest BCUT2D eigenvalue weighted by Gasteiger charge is -2.03. The summed E-state index contributed by atoms with van der Waals surface area (Å²) >= 11 is 11.1. The normalized spacial score (nSPS) is 11.8. The lowest BCUT2D eigenvalue weighted by molar-refractivity contribution is 0.667. The highest BCUT2D eigenvalue weighted by Crippen LogP contribution is 2.44. The molecule has 4 aromatic rings. The Kier molecular flexibility index (Phi) is 13.0. The Labute approximate surface area is 266 Å². The van der Waals surface area contributed by atoms with Gasteiger partial charge in [0.05, 0.1) is 17.3 Å². The molecule has 0 spiro atoms. The smallest absolute Gasteiger partial charge is 0.0711 e. The summed E-state index contributed by atoms with van der Waals surface area (Å²) in [6.45, 7) is 4.53. The van der Waals surface area contributed by atoms with Crippen LogP contribution >= 0.6 is 54.5 Å². The number of hydrogen-bond acceptors (Lipinski definition) is 2. The van der Waals surface area contributed by atoms with Gasteiger partial charge in [-0.2, -0.15) is 0 Å². The van der Waals surface area contributed by atoms with E-state index < -0.39 is 0 Å². The van der Waals surface area contributed by atoms with Crippen molar-refractivity contribution in [2.45, 2.75) is 78.1 Å². The molecular formula is C36H40Br2S2. The molecule has 0 atom stereocenters. The second kappa shape index (κ2) is 16.7. The molecule has 2 aromatic carbocycles. The topological polar surface area (TPSA) is 0 Å². The number of unbranched alkanes of at least 4 members (excludes halogenated alkanes) is 6. The van der Waals surface area contributed by atoms with E-state index in [0.29, 0.717) is 0 Å². The highest BCUT2D eigenvalue weighted by Gasteiger charge is 2.15. The molecule has 0 aliphatic carbocycles. The summed E-state index contributed by atoms with van der Waals surface area (Å²) in [5, 5.41) is 0. The van der Waals surface area contributed by atoms with Crippen molar-refractivity contribution in [3.63, 3.8) is 0 Å². The Morgan fingerprint density at radius 3 is 1.30 bits per heavy atom. The second-order valence-corrected chi connectivity index (χ2v) is 15.3. The number of benzene rings is 2. The van der Waals surface area contributed by atoms with Gasteiger partial charge in [0.25, 0.3) is 0 Å². The van der Waals surface area contributed by atoms with E-state index in [9.17, 15) is 0 Å². The van der Waals surface area contributed by atoms with Crippen molar-refractivity contribution in [3.05, 3.63) is 102 Å². The van der Waals surface area contributed by atoms with Crippen LogP contribution in [0, 0.1) is 0 Å². The number of rotatable bonds is 15. The quantitative estimate of drug-likeness (QED) is 0.109. The van der Waals surface area contributed by atoms with Crippen LogP contribution in [0.2, 0.25) is 0 Å². The largest absolute Gasteiger partial charge is 0.127 e. The molecule has 0 aliphatic heterocycles. The first-order valence-corrected chi connectivity index (χ1v) is 17.9. The van der Waals surface area contributed by atoms with Crippen molar-refractivity contribution >= 4 is 78.8 Å². The highest BCUT2D eigenvalue weighted by molar-refractivity contribution is 9.11. The molecule has 0 fully saturated rings. The molecule has 0 unspecified atom stereocenters. The predicted molar refractivity (Wildman–Crippen MR) is 189 cm³/mol. The first-order chi connectivity index (χ1) is 19.6. The van der Waals surface area contributed by atoms with E-state index in [-0.39, 0.29) is 0 Å². The molecule has 2 aromatic heterocycles.